The summed E-state index contributed by atoms with van der Waals surface area (Å²) in [5, 5.41) is 5.99. The van der Waals surface area contributed by atoms with Crippen LogP contribution in [0.25, 0.3) is 0 Å². The Hall–Kier alpha value is -3.02. The molecule has 1 aliphatic heterocycles. The van der Waals surface area contributed by atoms with E-state index < -0.39 is 0 Å². The van der Waals surface area contributed by atoms with Gasteiger partial charge in [-0.15, -0.1) is 0 Å². The maximum atomic E-state index is 12.7. The molecule has 29 heavy (non-hydrogen) atoms. The Morgan fingerprint density at radius 2 is 1.83 bits per heavy atom. The van der Waals surface area contributed by atoms with E-state index in [-0.39, 0.29) is 30.4 Å². The molecule has 2 atom stereocenters. The third kappa shape index (κ3) is 4.06. The van der Waals surface area contributed by atoms with E-state index in [1.54, 1.807) is 0 Å². The smallest absolute Gasteiger partial charge is 0.231 e. The summed E-state index contributed by atoms with van der Waals surface area (Å²) in [5.41, 5.74) is 3.96. The van der Waals surface area contributed by atoms with E-state index in [4.69, 9.17) is 9.47 Å². The van der Waals surface area contributed by atoms with Crippen LogP contribution in [0.4, 0.5) is 5.69 Å². The minimum absolute atomic E-state index is 0.0792. The lowest BCUT2D eigenvalue weighted by Crippen LogP contribution is -2.27. The topological polar surface area (TPSA) is 76.7 Å². The van der Waals surface area contributed by atoms with Crippen LogP contribution in [0.2, 0.25) is 0 Å². The second kappa shape index (κ2) is 7.78. The van der Waals surface area contributed by atoms with Crippen LogP contribution in [-0.2, 0) is 16.1 Å². The molecule has 2 N–H and O–H groups in total. The molecule has 0 spiro atoms. The second-order valence-corrected chi connectivity index (χ2v) is 8.04. The van der Waals surface area contributed by atoms with Crippen LogP contribution in [0.3, 0.4) is 0 Å². The molecule has 6 heteroatoms. The van der Waals surface area contributed by atoms with Crippen LogP contribution in [0.15, 0.2) is 36.4 Å². The van der Waals surface area contributed by atoms with Crippen molar-refractivity contribution >= 4 is 17.5 Å². The van der Waals surface area contributed by atoms with Gasteiger partial charge in [-0.25, -0.2) is 0 Å². The summed E-state index contributed by atoms with van der Waals surface area (Å²) >= 11 is 0. The zero-order valence-electron chi connectivity index (χ0n) is 17.0. The number of anilines is 1. The third-order valence-corrected chi connectivity index (χ3v) is 5.54. The van der Waals surface area contributed by atoms with Crippen molar-refractivity contribution in [2.24, 2.45) is 11.8 Å². The van der Waals surface area contributed by atoms with Gasteiger partial charge in [0.25, 0.3) is 0 Å². The lowest BCUT2D eigenvalue weighted by molar-refractivity contribution is -0.125. The van der Waals surface area contributed by atoms with Gasteiger partial charge in [-0.05, 0) is 48.1 Å². The van der Waals surface area contributed by atoms with Gasteiger partial charge < -0.3 is 20.1 Å². The van der Waals surface area contributed by atoms with Gasteiger partial charge in [0.2, 0.25) is 18.6 Å². The van der Waals surface area contributed by atoms with Gasteiger partial charge in [-0.3, -0.25) is 9.59 Å². The summed E-state index contributed by atoms with van der Waals surface area (Å²) in [6, 6.07) is 11.6. The summed E-state index contributed by atoms with van der Waals surface area (Å²) in [4.78, 5) is 25.2. The van der Waals surface area contributed by atoms with Gasteiger partial charge in [-0.2, -0.15) is 0 Å². The quantitative estimate of drug-likeness (QED) is 0.783. The normalized spacial score (nSPS) is 19.2. The Morgan fingerprint density at radius 3 is 2.62 bits per heavy atom. The number of hydrogen-bond acceptors (Lipinski definition) is 4. The fourth-order valence-corrected chi connectivity index (χ4v) is 3.70. The van der Waals surface area contributed by atoms with Crippen LogP contribution >= 0.6 is 0 Å². The Kier molecular flexibility index (Phi) is 5.18. The SMILES string of the molecule is Cc1cccc(C(C)C)c1NC(=O)C1CC1C(=O)NCc1ccc2c(c1)OCO2. The third-order valence-electron chi connectivity index (χ3n) is 5.54. The summed E-state index contributed by atoms with van der Waals surface area (Å²) in [7, 11) is 0. The van der Waals surface area contributed by atoms with E-state index >= 15 is 0 Å². The number of benzene rings is 2. The summed E-state index contributed by atoms with van der Waals surface area (Å²) in [6.07, 6.45) is 0.585. The Bertz CT molecular complexity index is 954. The molecular formula is C23H26N2O4. The number of ether oxygens (including phenoxy) is 2. The molecule has 1 heterocycles. The minimum Gasteiger partial charge on any atom is -0.454 e. The van der Waals surface area contributed by atoms with Gasteiger partial charge >= 0.3 is 0 Å². The van der Waals surface area contributed by atoms with E-state index in [0.29, 0.717) is 24.6 Å². The number of para-hydroxylation sites is 1. The lowest BCUT2D eigenvalue weighted by Gasteiger charge is -2.16. The van der Waals surface area contributed by atoms with E-state index in [2.05, 4.69) is 24.5 Å². The van der Waals surface area contributed by atoms with E-state index in [0.717, 1.165) is 28.1 Å². The molecule has 1 aliphatic carbocycles. The van der Waals surface area contributed by atoms with Crippen molar-refractivity contribution in [2.45, 2.75) is 39.7 Å². The van der Waals surface area contributed by atoms with Crippen molar-refractivity contribution < 1.29 is 19.1 Å². The molecule has 0 saturated heterocycles. The minimum atomic E-state index is -0.272. The average Bonchev–Trinajstić information content (AvgIpc) is 3.37. The van der Waals surface area contributed by atoms with E-state index in [1.165, 1.54) is 0 Å². The van der Waals surface area contributed by atoms with Crippen molar-refractivity contribution in [1.29, 1.82) is 0 Å². The number of hydrogen-bond donors (Lipinski definition) is 2. The Labute approximate surface area is 170 Å². The highest BCUT2D eigenvalue weighted by molar-refractivity contribution is 6.00. The summed E-state index contributed by atoms with van der Waals surface area (Å²) in [5.74, 6) is 1.02. The predicted octanol–water partition coefficient (Wildman–Crippen LogP) is 3.74. The van der Waals surface area contributed by atoms with Crippen LogP contribution in [0.1, 0.15) is 42.9 Å². The molecule has 0 aromatic heterocycles. The van der Waals surface area contributed by atoms with E-state index in [9.17, 15) is 9.59 Å². The maximum absolute atomic E-state index is 12.7. The molecule has 4 rings (SSSR count). The number of nitrogens with one attached hydrogen (secondary N) is 2. The number of aryl methyl sites for hydroxylation is 1. The van der Waals surface area contributed by atoms with Gasteiger partial charge in [-0.1, -0.05) is 38.1 Å². The molecule has 1 fully saturated rings. The first-order chi connectivity index (χ1) is 13.9. The zero-order valence-corrected chi connectivity index (χ0v) is 17.0. The molecule has 2 aromatic rings. The van der Waals surface area contributed by atoms with Crippen molar-refractivity contribution in [3.63, 3.8) is 0 Å². The summed E-state index contributed by atoms with van der Waals surface area (Å²) < 4.78 is 10.7. The first kappa shape index (κ1) is 19.3. The first-order valence-corrected chi connectivity index (χ1v) is 10.0. The van der Waals surface area contributed by atoms with Gasteiger partial charge in [0, 0.05) is 12.2 Å². The molecule has 152 valence electrons. The summed E-state index contributed by atoms with van der Waals surface area (Å²) in [6.45, 7) is 6.82. The number of amides is 2. The molecule has 6 nitrogen and oxygen atoms in total. The lowest BCUT2D eigenvalue weighted by atomic mass is 9.98. The molecule has 2 unspecified atom stereocenters. The van der Waals surface area contributed by atoms with Crippen LogP contribution < -0.4 is 20.1 Å². The highest BCUT2D eigenvalue weighted by atomic mass is 16.7. The molecule has 1 saturated carbocycles. The molecule has 0 bridgehead atoms. The predicted molar refractivity (Wildman–Crippen MR) is 110 cm³/mol. The van der Waals surface area contributed by atoms with Crippen molar-refractivity contribution in [1.82, 2.24) is 5.32 Å². The molecular weight excluding hydrogens is 368 g/mol. The fourth-order valence-electron chi connectivity index (χ4n) is 3.70. The number of carbonyl (C=O) groups excluding carboxylic acids is 2. The van der Waals surface area contributed by atoms with E-state index in [1.807, 2.05) is 43.3 Å². The number of rotatable bonds is 6. The largest absolute Gasteiger partial charge is 0.454 e. The van der Waals surface area contributed by atoms with Crippen LogP contribution in [0, 0.1) is 18.8 Å². The highest BCUT2D eigenvalue weighted by Gasteiger charge is 2.48. The standard InChI is InChI=1S/C23H26N2O4/c1-13(2)16-6-4-5-14(3)21(16)25-23(27)18-10-17(18)22(26)24-11-15-7-8-19-20(9-15)29-12-28-19/h4-9,13,17-18H,10-12H2,1-3H3,(H,24,26)(H,25,27). The van der Waals surface area contributed by atoms with Crippen molar-refractivity contribution in [3.8, 4) is 11.5 Å². The monoisotopic (exact) mass is 394 g/mol. The number of fused-ring (bicyclic) bond motifs is 1. The number of carbonyl (C=O) groups is 2. The van der Waals surface area contributed by atoms with Crippen LogP contribution in [-0.4, -0.2) is 18.6 Å². The van der Waals surface area contributed by atoms with Crippen LogP contribution in [0.5, 0.6) is 11.5 Å². The average molecular weight is 394 g/mol. The van der Waals surface area contributed by atoms with Gasteiger partial charge in [0.1, 0.15) is 0 Å². The van der Waals surface area contributed by atoms with Gasteiger partial charge in [0.15, 0.2) is 11.5 Å². The van der Waals surface area contributed by atoms with Crippen molar-refractivity contribution in [3.05, 3.63) is 53.1 Å². The highest BCUT2D eigenvalue weighted by Crippen LogP contribution is 2.40. The molecule has 0 radical (unpaired) electrons. The van der Waals surface area contributed by atoms with Gasteiger partial charge in [0.05, 0.1) is 11.8 Å². The maximum Gasteiger partial charge on any atom is 0.231 e. The molecule has 2 amide bonds. The Morgan fingerprint density at radius 1 is 1.07 bits per heavy atom. The second-order valence-electron chi connectivity index (χ2n) is 8.04. The molecule has 2 aromatic carbocycles. The zero-order chi connectivity index (χ0) is 20.5. The fraction of sp³-hybridized carbons (Fsp3) is 0.391. The Balaban J connectivity index is 1.33. The van der Waals surface area contributed by atoms with Crippen molar-refractivity contribution in [2.75, 3.05) is 12.1 Å². The first-order valence-electron chi connectivity index (χ1n) is 10.0. The molecule has 2 aliphatic rings.